The number of nitrogens with zero attached hydrogens (tertiary/aromatic N) is 3. The molecule has 1 atom stereocenters. The van der Waals surface area contributed by atoms with Crippen LogP contribution < -0.4 is 0 Å². The highest BCUT2D eigenvalue weighted by atomic mass is 15.3. The third-order valence-corrected chi connectivity index (χ3v) is 3.92. The summed E-state index contributed by atoms with van der Waals surface area (Å²) < 4.78 is 0. The van der Waals surface area contributed by atoms with Crippen LogP contribution in [0.25, 0.3) is 0 Å². The Hall–Kier alpha value is -0.120. The van der Waals surface area contributed by atoms with Crippen LogP contribution in [0.3, 0.4) is 0 Å². The first-order chi connectivity index (χ1) is 7.28. The van der Waals surface area contributed by atoms with Crippen LogP contribution in [0.2, 0.25) is 0 Å². The van der Waals surface area contributed by atoms with Gasteiger partial charge in [0, 0.05) is 39.3 Å². The summed E-state index contributed by atoms with van der Waals surface area (Å²) in [4.78, 5) is 7.68. The molecule has 0 aliphatic carbocycles. The lowest BCUT2D eigenvalue weighted by Crippen LogP contribution is -2.47. The molecular formula is C12H25N3. The first-order valence-electron chi connectivity index (χ1n) is 6.41. The van der Waals surface area contributed by atoms with Crippen LogP contribution in [0.4, 0.5) is 0 Å². The molecular weight excluding hydrogens is 186 g/mol. The third kappa shape index (κ3) is 3.16. The van der Waals surface area contributed by atoms with Gasteiger partial charge in [-0.1, -0.05) is 6.92 Å². The van der Waals surface area contributed by atoms with Crippen molar-refractivity contribution in [3.8, 4) is 0 Å². The molecule has 2 rings (SSSR count). The second-order valence-corrected chi connectivity index (χ2v) is 5.15. The lowest BCUT2D eigenvalue weighted by molar-refractivity contribution is 0.123. The number of hydrogen-bond acceptors (Lipinski definition) is 3. The van der Waals surface area contributed by atoms with Crippen LogP contribution in [0, 0.1) is 5.92 Å². The van der Waals surface area contributed by atoms with Gasteiger partial charge in [0.25, 0.3) is 0 Å². The fourth-order valence-corrected chi connectivity index (χ4v) is 2.83. The maximum absolute atomic E-state index is 2.66. The maximum Gasteiger partial charge on any atom is 0.0110 e. The van der Waals surface area contributed by atoms with Crippen molar-refractivity contribution < 1.29 is 0 Å². The van der Waals surface area contributed by atoms with Gasteiger partial charge in [0.2, 0.25) is 0 Å². The average molecular weight is 211 g/mol. The molecule has 0 bridgehead atoms. The summed E-state index contributed by atoms with van der Waals surface area (Å²) in [6, 6.07) is 0. The zero-order chi connectivity index (χ0) is 10.7. The highest BCUT2D eigenvalue weighted by Gasteiger charge is 2.23. The molecule has 0 aromatic heterocycles. The molecule has 0 amide bonds. The highest BCUT2D eigenvalue weighted by molar-refractivity contribution is 4.79. The van der Waals surface area contributed by atoms with E-state index in [9.17, 15) is 0 Å². The van der Waals surface area contributed by atoms with Crippen LogP contribution >= 0.6 is 0 Å². The normalized spacial score (nSPS) is 31.2. The Morgan fingerprint density at radius 3 is 2.20 bits per heavy atom. The molecule has 2 saturated heterocycles. The third-order valence-electron chi connectivity index (χ3n) is 3.92. The minimum Gasteiger partial charge on any atom is -0.306 e. The Labute approximate surface area is 94.0 Å². The molecule has 2 aliphatic rings. The van der Waals surface area contributed by atoms with Gasteiger partial charge in [-0.3, -0.25) is 0 Å². The van der Waals surface area contributed by atoms with E-state index in [0.717, 1.165) is 5.92 Å². The molecule has 2 heterocycles. The summed E-state index contributed by atoms with van der Waals surface area (Å²) >= 11 is 0. The van der Waals surface area contributed by atoms with E-state index in [1.807, 2.05) is 0 Å². The highest BCUT2D eigenvalue weighted by Crippen LogP contribution is 2.16. The lowest BCUT2D eigenvalue weighted by atomic mass is 10.1. The zero-order valence-corrected chi connectivity index (χ0v) is 10.3. The van der Waals surface area contributed by atoms with Crippen LogP contribution in [-0.4, -0.2) is 74.1 Å². The Bertz CT molecular complexity index is 187. The first kappa shape index (κ1) is 11.4. The molecule has 0 unspecified atom stereocenters. The van der Waals surface area contributed by atoms with Gasteiger partial charge in [0.15, 0.2) is 0 Å². The van der Waals surface area contributed by atoms with Crippen molar-refractivity contribution in [2.45, 2.75) is 13.3 Å². The van der Waals surface area contributed by atoms with Crippen molar-refractivity contribution in [2.75, 3.05) is 59.4 Å². The van der Waals surface area contributed by atoms with Gasteiger partial charge in [-0.25, -0.2) is 0 Å². The van der Waals surface area contributed by atoms with E-state index in [1.54, 1.807) is 0 Å². The van der Waals surface area contributed by atoms with Crippen molar-refractivity contribution in [3.63, 3.8) is 0 Å². The minimum absolute atomic E-state index is 0.933. The fourth-order valence-electron chi connectivity index (χ4n) is 2.83. The Morgan fingerprint density at radius 2 is 1.67 bits per heavy atom. The zero-order valence-electron chi connectivity index (χ0n) is 10.3. The van der Waals surface area contributed by atoms with Crippen molar-refractivity contribution in [3.05, 3.63) is 0 Å². The van der Waals surface area contributed by atoms with Gasteiger partial charge in [-0.05, 0) is 32.5 Å². The number of hydrogen-bond donors (Lipinski definition) is 0. The van der Waals surface area contributed by atoms with Crippen molar-refractivity contribution in [1.82, 2.24) is 14.7 Å². The molecule has 2 aliphatic heterocycles. The van der Waals surface area contributed by atoms with E-state index >= 15 is 0 Å². The predicted octanol–water partition coefficient (Wildman–Crippen LogP) is 0.576. The van der Waals surface area contributed by atoms with Gasteiger partial charge in [0.05, 0.1) is 0 Å². The Balaban J connectivity index is 1.68. The van der Waals surface area contributed by atoms with E-state index < -0.39 is 0 Å². The van der Waals surface area contributed by atoms with E-state index in [4.69, 9.17) is 0 Å². The SMILES string of the molecule is CCN1CCN(C[C@H]2CCN(C)C2)CC1. The first-order valence-corrected chi connectivity index (χ1v) is 6.41. The van der Waals surface area contributed by atoms with Crippen LogP contribution in [-0.2, 0) is 0 Å². The van der Waals surface area contributed by atoms with E-state index in [1.165, 1.54) is 58.8 Å². The number of likely N-dealkylation sites (N-methyl/N-ethyl adjacent to an activating group) is 1. The molecule has 0 aromatic rings. The van der Waals surface area contributed by atoms with E-state index in [0.29, 0.717) is 0 Å². The minimum atomic E-state index is 0.933. The summed E-state index contributed by atoms with van der Waals surface area (Å²) in [5, 5.41) is 0. The molecule has 3 nitrogen and oxygen atoms in total. The topological polar surface area (TPSA) is 9.72 Å². The van der Waals surface area contributed by atoms with Crippen molar-refractivity contribution >= 4 is 0 Å². The second kappa shape index (κ2) is 5.28. The summed E-state index contributed by atoms with van der Waals surface area (Å²) in [6.07, 6.45) is 1.41. The molecule has 3 heteroatoms. The summed E-state index contributed by atoms with van der Waals surface area (Å²) in [5.74, 6) is 0.933. The standard InChI is InChI=1S/C12H25N3/c1-3-14-6-8-15(9-7-14)11-12-4-5-13(2)10-12/h12H,3-11H2,1-2H3/t12-/m0/s1. The Kier molecular flexibility index (Phi) is 4.00. The van der Waals surface area contributed by atoms with Crippen molar-refractivity contribution in [1.29, 1.82) is 0 Å². The molecule has 0 radical (unpaired) electrons. The molecule has 0 N–H and O–H groups in total. The van der Waals surface area contributed by atoms with Crippen LogP contribution in [0.5, 0.6) is 0 Å². The van der Waals surface area contributed by atoms with Gasteiger partial charge in [-0.15, -0.1) is 0 Å². The van der Waals surface area contributed by atoms with Crippen LogP contribution in [0.15, 0.2) is 0 Å². The smallest absolute Gasteiger partial charge is 0.0110 e. The van der Waals surface area contributed by atoms with Crippen molar-refractivity contribution in [2.24, 2.45) is 5.92 Å². The number of rotatable bonds is 3. The van der Waals surface area contributed by atoms with Gasteiger partial charge in [0.1, 0.15) is 0 Å². The van der Waals surface area contributed by atoms with Gasteiger partial charge < -0.3 is 14.7 Å². The lowest BCUT2D eigenvalue weighted by Gasteiger charge is -2.35. The summed E-state index contributed by atoms with van der Waals surface area (Å²) in [5.41, 5.74) is 0. The molecule has 88 valence electrons. The predicted molar refractivity (Wildman–Crippen MR) is 64.2 cm³/mol. The largest absolute Gasteiger partial charge is 0.306 e. The van der Waals surface area contributed by atoms with Crippen LogP contribution in [0.1, 0.15) is 13.3 Å². The number of likely N-dealkylation sites (tertiary alicyclic amines) is 1. The van der Waals surface area contributed by atoms with Gasteiger partial charge >= 0.3 is 0 Å². The monoisotopic (exact) mass is 211 g/mol. The molecule has 0 aromatic carbocycles. The molecule has 0 spiro atoms. The Morgan fingerprint density at radius 1 is 1.00 bits per heavy atom. The van der Waals surface area contributed by atoms with Gasteiger partial charge in [-0.2, -0.15) is 0 Å². The summed E-state index contributed by atoms with van der Waals surface area (Å²) in [7, 11) is 2.25. The van der Waals surface area contributed by atoms with E-state index in [2.05, 4.69) is 28.7 Å². The molecule has 0 saturated carbocycles. The van der Waals surface area contributed by atoms with E-state index in [-0.39, 0.29) is 0 Å². The molecule has 2 fully saturated rings. The fraction of sp³-hybridized carbons (Fsp3) is 1.00. The maximum atomic E-state index is 2.66. The molecule has 15 heavy (non-hydrogen) atoms. The number of piperazine rings is 1. The second-order valence-electron chi connectivity index (χ2n) is 5.15. The quantitative estimate of drug-likeness (QED) is 0.676. The average Bonchev–Trinajstić information content (AvgIpc) is 2.65. The summed E-state index contributed by atoms with van der Waals surface area (Å²) in [6.45, 7) is 12.6.